The van der Waals surface area contributed by atoms with Crippen molar-refractivity contribution in [2.75, 3.05) is 20.2 Å². The second-order valence-electron chi connectivity index (χ2n) is 10.3. The van der Waals surface area contributed by atoms with E-state index in [9.17, 15) is 14.7 Å². The van der Waals surface area contributed by atoms with Crippen LogP contribution in [0.15, 0.2) is 18.2 Å². The van der Waals surface area contributed by atoms with E-state index in [0.717, 1.165) is 44.1 Å². The fourth-order valence-corrected chi connectivity index (χ4v) is 5.73. The molecule has 2 saturated carbocycles. The third kappa shape index (κ3) is 4.98. The highest BCUT2D eigenvalue weighted by Crippen LogP contribution is 2.47. The van der Waals surface area contributed by atoms with Crippen LogP contribution in [0.5, 0.6) is 11.5 Å². The van der Waals surface area contributed by atoms with E-state index < -0.39 is 23.3 Å². The molecule has 4 rings (SSSR count). The minimum Gasteiger partial charge on any atom is -0.493 e. The first kappa shape index (κ1) is 23.9. The Morgan fingerprint density at radius 1 is 1.12 bits per heavy atom. The Morgan fingerprint density at radius 3 is 2.42 bits per heavy atom. The number of carbonyl (C=O) groups is 2. The average molecular weight is 459 g/mol. The van der Waals surface area contributed by atoms with E-state index in [1.54, 1.807) is 18.9 Å². The summed E-state index contributed by atoms with van der Waals surface area (Å²) in [5.74, 6) is 0.227. The standard InChI is InChI=1S/C26H38N2O5/c1-17(29)26(2)16-28(25(31)24(30)27-19-8-4-5-9-19)15-21(26)18-12-13-22(32-3)23(14-18)33-20-10-6-7-11-20/h12-14,17,19-21,29H,4-11,15-16H2,1-3H3,(H,27,30)/t17?,21-,26-/m0/s1. The molecule has 0 aromatic heterocycles. The van der Waals surface area contributed by atoms with Crippen LogP contribution in [-0.4, -0.2) is 60.3 Å². The number of hydrogen-bond donors (Lipinski definition) is 2. The van der Waals surface area contributed by atoms with Gasteiger partial charge in [0.05, 0.1) is 19.3 Å². The summed E-state index contributed by atoms with van der Waals surface area (Å²) in [5.41, 5.74) is 0.404. The van der Waals surface area contributed by atoms with Crippen LogP contribution in [0.1, 0.15) is 76.7 Å². The molecule has 0 spiro atoms. The summed E-state index contributed by atoms with van der Waals surface area (Å²) in [4.78, 5) is 27.2. The lowest BCUT2D eigenvalue weighted by Crippen LogP contribution is -2.46. The van der Waals surface area contributed by atoms with Crippen LogP contribution in [-0.2, 0) is 9.59 Å². The van der Waals surface area contributed by atoms with E-state index in [-0.39, 0.29) is 18.1 Å². The van der Waals surface area contributed by atoms with Crippen molar-refractivity contribution >= 4 is 11.8 Å². The molecule has 3 aliphatic rings. The summed E-state index contributed by atoms with van der Waals surface area (Å²) in [6.07, 6.45) is 8.02. The number of aliphatic hydroxyl groups is 1. The maximum Gasteiger partial charge on any atom is 0.311 e. The topological polar surface area (TPSA) is 88.1 Å². The molecule has 1 heterocycles. The van der Waals surface area contributed by atoms with Gasteiger partial charge in [-0.3, -0.25) is 9.59 Å². The first-order valence-corrected chi connectivity index (χ1v) is 12.4. The van der Waals surface area contributed by atoms with Crippen LogP contribution in [0.2, 0.25) is 0 Å². The molecule has 3 atom stereocenters. The zero-order valence-corrected chi connectivity index (χ0v) is 20.1. The Balaban J connectivity index is 1.55. The van der Waals surface area contributed by atoms with Crippen LogP contribution in [0.3, 0.4) is 0 Å². The molecule has 3 fully saturated rings. The lowest BCUT2D eigenvalue weighted by atomic mass is 9.72. The van der Waals surface area contributed by atoms with Crippen molar-refractivity contribution in [2.24, 2.45) is 5.41 Å². The minimum absolute atomic E-state index is 0.0971. The molecule has 1 aromatic carbocycles. The summed E-state index contributed by atoms with van der Waals surface area (Å²) < 4.78 is 11.8. The zero-order valence-electron chi connectivity index (χ0n) is 20.1. The Labute approximate surface area is 196 Å². The number of hydrogen-bond acceptors (Lipinski definition) is 5. The van der Waals surface area contributed by atoms with Crippen LogP contribution in [0.4, 0.5) is 0 Å². The fourth-order valence-electron chi connectivity index (χ4n) is 5.73. The molecule has 1 aromatic rings. The first-order valence-electron chi connectivity index (χ1n) is 12.4. The summed E-state index contributed by atoms with van der Waals surface area (Å²) in [6, 6.07) is 5.98. The van der Waals surface area contributed by atoms with E-state index in [1.165, 1.54) is 12.8 Å². The Hall–Kier alpha value is -2.28. The highest BCUT2D eigenvalue weighted by molar-refractivity contribution is 6.35. The molecular formula is C26H38N2O5. The minimum atomic E-state index is -0.653. The van der Waals surface area contributed by atoms with Crippen LogP contribution in [0.25, 0.3) is 0 Å². The summed E-state index contributed by atoms with van der Waals surface area (Å²) in [6.45, 7) is 4.47. The number of rotatable bonds is 6. The number of carbonyl (C=O) groups excluding carboxylic acids is 2. The smallest absolute Gasteiger partial charge is 0.311 e. The number of likely N-dealkylation sites (tertiary alicyclic amines) is 1. The van der Waals surface area contributed by atoms with Crippen LogP contribution < -0.4 is 14.8 Å². The van der Waals surface area contributed by atoms with Gasteiger partial charge in [-0.2, -0.15) is 0 Å². The third-order valence-electron chi connectivity index (χ3n) is 8.04. The van der Waals surface area contributed by atoms with Gasteiger partial charge in [-0.1, -0.05) is 25.8 Å². The predicted molar refractivity (Wildman–Crippen MR) is 125 cm³/mol. The number of amides is 2. The largest absolute Gasteiger partial charge is 0.493 e. The molecule has 1 saturated heterocycles. The lowest BCUT2D eigenvalue weighted by molar-refractivity contribution is -0.146. The highest BCUT2D eigenvalue weighted by atomic mass is 16.5. The fraction of sp³-hybridized carbons (Fsp3) is 0.692. The Bertz CT molecular complexity index is 860. The van der Waals surface area contributed by atoms with Gasteiger partial charge in [0, 0.05) is 30.5 Å². The number of ether oxygens (including phenoxy) is 2. The van der Waals surface area contributed by atoms with Gasteiger partial charge >= 0.3 is 11.8 Å². The molecule has 7 heteroatoms. The quantitative estimate of drug-likeness (QED) is 0.638. The van der Waals surface area contributed by atoms with Crippen molar-refractivity contribution in [3.05, 3.63) is 23.8 Å². The Kier molecular flexibility index (Phi) is 7.17. The molecule has 7 nitrogen and oxygen atoms in total. The average Bonchev–Trinajstić information content (AvgIpc) is 3.55. The van der Waals surface area contributed by atoms with Gasteiger partial charge in [-0.25, -0.2) is 0 Å². The maximum absolute atomic E-state index is 13.0. The second kappa shape index (κ2) is 9.92. The van der Waals surface area contributed by atoms with Gasteiger partial charge in [0.1, 0.15) is 0 Å². The number of methoxy groups -OCH3 is 1. The van der Waals surface area contributed by atoms with Crippen molar-refractivity contribution in [1.82, 2.24) is 10.2 Å². The second-order valence-corrected chi connectivity index (χ2v) is 10.3. The van der Waals surface area contributed by atoms with Crippen LogP contribution in [0, 0.1) is 5.41 Å². The van der Waals surface area contributed by atoms with Crippen molar-refractivity contribution < 1.29 is 24.2 Å². The van der Waals surface area contributed by atoms with Crippen molar-refractivity contribution in [1.29, 1.82) is 0 Å². The summed E-state index contributed by atoms with van der Waals surface area (Å²) in [5, 5.41) is 13.6. The molecule has 33 heavy (non-hydrogen) atoms. The van der Waals surface area contributed by atoms with Gasteiger partial charge in [-0.05, 0) is 63.1 Å². The number of aliphatic hydroxyl groups excluding tert-OH is 1. The zero-order chi connectivity index (χ0) is 23.6. The van der Waals surface area contributed by atoms with E-state index in [2.05, 4.69) is 5.32 Å². The molecule has 182 valence electrons. The number of benzene rings is 1. The van der Waals surface area contributed by atoms with Gasteiger partial charge in [0.2, 0.25) is 0 Å². The van der Waals surface area contributed by atoms with Gasteiger partial charge in [0.25, 0.3) is 0 Å². The van der Waals surface area contributed by atoms with Gasteiger partial charge < -0.3 is 24.8 Å². The SMILES string of the molecule is COc1ccc([C@@H]2CN(C(=O)C(=O)NC3CCCC3)C[C@@]2(C)C(C)O)cc1OC1CCCC1. The molecular weight excluding hydrogens is 420 g/mol. The molecule has 1 aliphatic heterocycles. The van der Waals surface area contributed by atoms with E-state index in [1.807, 2.05) is 25.1 Å². The molecule has 1 unspecified atom stereocenters. The molecule has 2 N–H and O–H groups in total. The highest BCUT2D eigenvalue weighted by Gasteiger charge is 2.49. The van der Waals surface area contributed by atoms with Crippen LogP contribution >= 0.6 is 0 Å². The molecule has 0 radical (unpaired) electrons. The Morgan fingerprint density at radius 2 is 1.79 bits per heavy atom. The summed E-state index contributed by atoms with van der Waals surface area (Å²) in [7, 11) is 1.63. The molecule has 0 bridgehead atoms. The third-order valence-corrected chi connectivity index (χ3v) is 8.04. The predicted octanol–water partition coefficient (Wildman–Crippen LogP) is 3.39. The normalized spacial score (nSPS) is 27.0. The van der Waals surface area contributed by atoms with E-state index >= 15 is 0 Å². The lowest BCUT2D eigenvalue weighted by Gasteiger charge is -2.34. The van der Waals surface area contributed by atoms with Crippen molar-refractivity contribution in [2.45, 2.75) is 89.4 Å². The van der Waals surface area contributed by atoms with Gasteiger partial charge in [0.15, 0.2) is 11.5 Å². The first-order chi connectivity index (χ1) is 15.8. The van der Waals surface area contributed by atoms with Crippen molar-refractivity contribution in [3.8, 4) is 11.5 Å². The monoisotopic (exact) mass is 458 g/mol. The number of nitrogens with one attached hydrogen (secondary N) is 1. The summed E-state index contributed by atoms with van der Waals surface area (Å²) >= 11 is 0. The molecule has 2 amide bonds. The van der Waals surface area contributed by atoms with Gasteiger partial charge in [-0.15, -0.1) is 0 Å². The van der Waals surface area contributed by atoms with E-state index in [4.69, 9.17) is 9.47 Å². The maximum atomic E-state index is 13.0. The molecule has 2 aliphatic carbocycles. The van der Waals surface area contributed by atoms with E-state index in [0.29, 0.717) is 24.6 Å². The van der Waals surface area contributed by atoms with Crippen molar-refractivity contribution in [3.63, 3.8) is 0 Å². The number of nitrogens with zero attached hydrogens (tertiary/aromatic N) is 1.